The Morgan fingerprint density at radius 2 is 1.46 bits per heavy atom. The predicted octanol–water partition coefficient (Wildman–Crippen LogP) is 7.65. The highest BCUT2D eigenvalue weighted by atomic mass is 19.2. The summed E-state index contributed by atoms with van der Waals surface area (Å²) >= 11 is 0. The first-order valence-electron chi connectivity index (χ1n) is 10.1. The van der Waals surface area contributed by atoms with Crippen molar-refractivity contribution in [3.05, 3.63) is 59.2 Å². The third-order valence-corrected chi connectivity index (χ3v) is 6.46. The van der Waals surface area contributed by atoms with Crippen LogP contribution in [0.15, 0.2) is 36.4 Å². The summed E-state index contributed by atoms with van der Waals surface area (Å²) in [7, 11) is 0. The first-order chi connectivity index (χ1) is 12.5. The minimum absolute atomic E-state index is 0.345. The van der Waals surface area contributed by atoms with Crippen molar-refractivity contribution in [1.82, 2.24) is 0 Å². The number of hydrogen-bond acceptors (Lipinski definition) is 0. The van der Waals surface area contributed by atoms with E-state index in [2.05, 4.69) is 26.0 Å². The molecule has 0 aromatic heterocycles. The van der Waals surface area contributed by atoms with Crippen LogP contribution in [0.1, 0.15) is 69.4 Å². The number of hydrogen-bond donors (Lipinski definition) is 0. The average molecular weight is 357 g/mol. The maximum absolute atomic E-state index is 14.2. The van der Waals surface area contributed by atoms with Gasteiger partial charge in [-0.15, -0.1) is 0 Å². The maximum Gasteiger partial charge on any atom is 0.166 e. The van der Waals surface area contributed by atoms with Gasteiger partial charge in [0.15, 0.2) is 11.6 Å². The van der Waals surface area contributed by atoms with Crippen molar-refractivity contribution in [2.75, 3.05) is 0 Å². The Kier molecular flexibility index (Phi) is 6.11. The molecule has 0 N–H and O–H groups in total. The zero-order valence-electron chi connectivity index (χ0n) is 16.2. The summed E-state index contributed by atoms with van der Waals surface area (Å²) in [5, 5.41) is 0. The van der Waals surface area contributed by atoms with Gasteiger partial charge in [0.1, 0.15) is 0 Å². The molecule has 0 unspecified atom stereocenters. The second-order valence-electron chi connectivity index (χ2n) is 7.87. The first kappa shape index (κ1) is 19.1. The zero-order chi connectivity index (χ0) is 18.7. The second kappa shape index (κ2) is 8.33. The van der Waals surface area contributed by atoms with Crippen LogP contribution < -0.4 is 0 Å². The lowest BCUT2D eigenvalue weighted by atomic mass is 9.72. The SMILES string of the molecule is CCC(CC)C1CCC(c2ccc(-c3ccc(C)c(F)c3F)cc2)CC1. The summed E-state index contributed by atoms with van der Waals surface area (Å²) in [6.07, 6.45) is 7.70. The van der Waals surface area contributed by atoms with E-state index in [4.69, 9.17) is 0 Å². The van der Waals surface area contributed by atoms with Crippen LogP contribution in [-0.4, -0.2) is 0 Å². The highest BCUT2D eigenvalue weighted by molar-refractivity contribution is 5.65. The monoisotopic (exact) mass is 356 g/mol. The Balaban J connectivity index is 1.70. The molecule has 1 saturated carbocycles. The van der Waals surface area contributed by atoms with Gasteiger partial charge in [-0.1, -0.05) is 63.1 Å². The van der Waals surface area contributed by atoms with Crippen molar-refractivity contribution in [2.45, 2.75) is 65.2 Å². The minimum Gasteiger partial charge on any atom is -0.203 e. The molecule has 0 radical (unpaired) electrons. The quantitative estimate of drug-likeness (QED) is 0.516. The topological polar surface area (TPSA) is 0 Å². The highest BCUT2D eigenvalue weighted by Crippen LogP contribution is 2.41. The molecule has 0 heterocycles. The summed E-state index contributed by atoms with van der Waals surface area (Å²) in [6, 6.07) is 11.4. The lowest BCUT2D eigenvalue weighted by molar-refractivity contribution is 0.221. The van der Waals surface area contributed by atoms with Crippen molar-refractivity contribution in [1.29, 1.82) is 0 Å². The number of benzene rings is 2. The van der Waals surface area contributed by atoms with Crippen LogP contribution in [0.3, 0.4) is 0 Å². The van der Waals surface area contributed by atoms with Crippen LogP contribution in [0.25, 0.3) is 11.1 Å². The van der Waals surface area contributed by atoms with Crippen molar-refractivity contribution in [2.24, 2.45) is 11.8 Å². The lowest BCUT2D eigenvalue weighted by Gasteiger charge is -2.33. The van der Waals surface area contributed by atoms with E-state index in [0.29, 0.717) is 17.0 Å². The van der Waals surface area contributed by atoms with Gasteiger partial charge >= 0.3 is 0 Å². The Labute approximate surface area is 156 Å². The van der Waals surface area contributed by atoms with Gasteiger partial charge in [-0.2, -0.15) is 0 Å². The molecule has 0 nitrogen and oxygen atoms in total. The van der Waals surface area contributed by atoms with E-state index < -0.39 is 11.6 Å². The molecule has 1 aliphatic rings. The minimum atomic E-state index is -0.747. The molecule has 1 aliphatic carbocycles. The smallest absolute Gasteiger partial charge is 0.166 e. The molecule has 0 spiro atoms. The third kappa shape index (κ3) is 3.84. The summed E-state index contributed by atoms with van der Waals surface area (Å²) < 4.78 is 28.0. The fourth-order valence-electron chi connectivity index (χ4n) is 4.68. The molecule has 2 heteroatoms. The van der Waals surface area contributed by atoms with E-state index in [-0.39, 0.29) is 0 Å². The van der Waals surface area contributed by atoms with E-state index in [1.807, 2.05) is 12.1 Å². The van der Waals surface area contributed by atoms with E-state index in [1.54, 1.807) is 19.1 Å². The van der Waals surface area contributed by atoms with Crippen molar-refractivity contribution in [3.8, 4) is 11.1 Å². The van der Waals surface area contributed by atoms with Crippen LogP contribution in [0.2, 0.25) is 0 Å². The molecule has 140 valence electrons. The molecular weight excluding hydrogens is 326 g/mol. The standard InChI is InChI=1S/C24H30F2/c1-4-17(5-2)18-7-9-19(10-8-18)20-11-13-21(14-12-20)22-15-6-16(3)23(25)24(22)26/h6,11-15,17-19H,4-5,7-10H2,1-3H3. The molecule has 0 amide bonds. The van der Waals surface area contributed by atoms with Crippen LogP contribution in [0.4, 0.5) is 8.78 Å². The molecule has 2 aromatic rings. The highest BCUT2D eigenvalue weighted by Gasteiger charge is 2.26. The van der Waals surface area contributed by atoms with E-state index in [0.717, 1.165) is 17.4 Å². The Morgan fingerprint density at radius 1 is 0.846 bits per heavy atom. The van der Waals surface area contributed by atoms with Crippen molar-refractivity contribution >= 4 is 0 Å². The Bertz CT molecular complexity index is 721. The van der Waals surface area contributed by atoms with Crippen LogP contribution in [0, 0.1) is 30.4 Å². The molecule has 0 bridgehead atoms. The van der Waals surface area contributed by atoms with Gasteiger partial charge in [-0.3, -0.25) is 0 Å². The summed E-state index contributed by atoms with van der Waals surface area (Å²) in [4.78, 5) is 0. The maximum atomic E-state index is 14.2. The fraction of sp³-hybridized carbons (Fsp3) is 0.500. The van der Waals surface area contributed by atoms with Gasteiger partial charge in [0, 0.05) is 5.56 Å². The van der Waals surface area contributed by atoms with E-state index in [9.17, 15) is 8.78 Å². The normalized spacial score (nSPS) is 20.5. The lowest BCUT2D eigenvalue weighted by Crippen LogP contribution is -2.20. The van der Waals surface area contributed by atoms with Crippen LogP contribution in [-0.2, 0) is 0 Å². The fourth-order valence-corrected chi connectivity index (χ4v) is 4.68. The Morgan fingerprint density at radius 3 is 2.04 bits per heavy atom. The molecule has 2 aromatic carbocycles. The molecule has 0 atom stereocenters. The van der Waals surface area contributed by atoms with Crippen LogP contribution >= 0.6 is 0 Å². The number of rotatable bonds is 5. The van der Waals surface area contributed by atoms with Crippen molar-refractivity contribution in [3.63, 3.8) is 0 Å². The Hall–Kier alpha value is -1.70. The predicted molar refractivity (Wildman–Crippen MR) is 105 cm³/mol. The van der Waals surface area contributed by atoms with Crippen LogP contribution in [0.5, 0.6) is 0 Å². The first-order valence-corrected chi connectivity index (χ1v) is 10.1. The van der Waals surface area contributed by atoms with Crippen molar-refractivity contribution < 1.29 is 8.78 Å². The summed E-state index contributed by atoms with van der Waals surface area (Å²) in [5.74, 6) is 0.867. The van der Waals surface area contributed by atoms with Gasteiger partial charge in [0.2, 0.25) is 0 Å². The number of aryl methyl sites for hydroxylation is 1. The zero-order valence-corrected chi connectivity index (χ0v) is 16.2. The molecule has 3 rings (SSSR count). The summed E-state index contributed by atoms with van der Waals surface area (Å²) in [6.45, 7) is 6.21. The molecule has 0 aliphatic heterocycles. The molecule has 0 saturated heterocycles. The van der Waals surface area contributed by atoms with Gasteiger partial charge in [0.25, 0.3) is 0 Å². The molecule has 1 fully saturated rings. The van der Waals surface area contributed by atoms with Gasteiger partial charge in [-0.25, -0.2) is 8.78 Å². The third-order valence-electron chi connectivity index (χ3n) is 6.46. The largest absolute Gasteiger partial charge is 0.203 e. The van der Waals surface area contributed by atoms with E-state index >= 15 is 0 Å². The average Bonchev–Trinajstić information content (AvgIpc) is 2.68. The molecule has 26 heavy (non-hydrogen) atoms. The summed E-state index contributed by atoms with van der Waals surface area (Å²) in [5.41, 5.74) is 2.77. The second-order valence-corrected chi connectivity index (χ2v) is 7.87. The van der Waals surface area contributed by atoms with E-state index in [1.165, 1.54) is 44.1 Å². The van der Waals surface area contributed by atoms with Gasteiger partial charge in [0.05, 0.1) is 0 Å². The molecular formula is C24H30F2. The van der Waals surface area contributed by atoms with Gasteiger partial charge < -0.3 is 0 Å². The number of halogens is 2. The van der Waals surface area contributed by atoms with Gasteiger partial charge in [-0.05, 0) is 67.1 Å².